The van der Waals surface area contributed by atoms with E-state index in [1.807, 2.05) is 47.0 Å². The van der Waals surface area contributed by atoms with Crippen LogP contribution < -0.4 is 4.74 Å². The molecular formula is C27H26N4O2. The molecule has 0 fully saturated rings. The van der Waals surface area contributed by atoms with Crippen LogP contribution in [0, 0.1) is 5.92 Å². The average molecular weight is 439 g/mol. The quantitative estimate of drug-likeness (QED) is 0.418. The summed E-state index contributed by atoms with van der Waals surface area (Å²) >= 11 is 0. The third kappa shape index (κ3) is 3.82. The van der Waals surface area contributed by atoms with Crippen LogP contribution in [0.1, 0.15) is 53.6 Å². The third-order valence-corrected chi connectivity index (χ3v) is 6.11. The van der Waals surface area contributed by atoms with Crippen LogP contribution in [0.25, 0.3) is 22.9 Å². The van der Waals surface area contributed by atoms with Gasteiger partial charge in [0.25, 0.3) is 0 Å². The summed E-state index contributed by atoms with van der Waals surface area (Å²) in [6, 6.07) is 18.0. The summed E-state index contributed by atoms with van der Waals surface area (Å²) in [6.45, 7) is 4.22. The monoisotopic (exact) mass is 438 g/mol. The van der Waals surface area contributed by atoms with E-state index in [1.165, 1.54) is 0 Å². The number of fused-ring (bicyclic) bond motifs is 3. The van der Waals surface area contributed by atoms with Crippen LogP contribution >= 0.6 is 0 Å². The lowest BCUT2D eigenvalue weighted by Gasteiger charge is -2.20. The van der Waals surface area contributed by atoms with Crippen molar-refractivity contribution in [3.8, 4) is 16.9 Å². The normalized spacial score (nSPS) is 16.0. The molecule has 0 saturated carbocycles. The van der Waals surface area contributed by atoms with Crippen LogP contribution in [-0.4, -0.2) is 32.7 Å². The number of hydrogen-bond donors (Lipinski definition) is 0. The van der Waals surface area contributed by atoms with Gasteiger partial charge in [-0.2, -0.15) is 5.10 Å². The Morgan fingerprint density at radius 2 is 1.79 bits per heavy atom. The molecule has 1 aliphatic rings. The van der Waals surface area contributed by atoms with Gasteiger partial charge in [-0.1, -0.05) is 74.5 Å². The maximum Gasteiger partial charge on any atom is 0.185 e. The number of hydrogen-bond acceptors (Lipinski definition) is 5. The second-order valence-electron chi connectivity index (χ2n) is 8.71. The van der Waals surface area contributed by atoms with Gasteiger partial charge in [0.1, 0.15) is 5.75 Å². The Morgan fingerprint density at radius 3 is 2.55 bits per heavy atom. The van der Waals surface area contributed by atoms with Crippen molar-refractivity contribution in [2.24, 2.45) is 5.92 Å². The summed E-state index contributed by atoms with van der Waals surface area (Å²) in [7, 11) is 1.66. The average Bonchev–Trinajstić information content (AvgIpc) is 3.24. The number of Topliss-reactive ketones (excluding diaryl/α,β-unsaturated/α-hetero) is 1. The number of aromatic nitrogens is 4. The molecule has 0 spiro atoms. The highest BCUT2D eigenvalue weighted by atomic mass is 16.5. The molecule has 0 radical (unpaired) electrons. The van der Waals surface area contributed by atoms with Crippen LogP contribution in [0.15, 0.2) is 60.7 Å². The zero-order valence-corrected chi connectivity index (χ0v) is 19.0. The zero-order valence-electron chi connectivity index (χ0n) is 19.0. The second kappa shape index (κ2) is 8.62. The number of carbonyl (C=O) groups excluding carboxylic acids is 1. The molecule has 33 heavy (non-hydrogen) atoms. The summed E-state index contributed by atoms with van der Waals surface area (Å²) in [6.07, 6.45) is 5.31. The van der Waals surface area contributed by atoms with Crippen LogP contribution in [0.4, 0.5) is 0 Å². The summed E-state index contributed by atoms with van der Waals surface area (Å²) < 4.78 is 7.46. The van der Waals surface area contributed by atoms with Crippen LogP contribution in [0.2, 0.25) is 0 Å². The number of benzene rings is 2. The zero-order chi connectivity index (χ0) is 22.9. The van der Waals surface area contributed by atoms with E-state index in [0.29, 0.717) is 24.2 Å². The molecule has 4 aromatic rings. The minimum atomic E-state index is 0.00815. The smallest absolute Gasteiger partial charge is 0.185 e. The molecule has 0 saturated heterocycles. The molecule has 0 aliphatic heterocycles. The largest absolute Gasteiger partial charge is 0.496 e. The van der Waals surface area contributed by atoms with E-state index in [2.05, 4.69) is 48.3 Å². The van der Waals surface area contributed by atoms with E-state index in [1.54, 1.807) is 7.11 Å². The minimum Gasteiger partial charge on any atom is -0.496 e. The van der Waals surface area contributed by atoms with Gasteiger partial charge in [0.05, 0.1) is 24.1 Å². The van der Waals surface area contributed by atoms with Crippen LogP contribution in [0.5, 0.6) is 5.75 Å². The standard InChI is InChI=1S/C27H26N4O2/c1-17(2)25-24(20-11-7-8-12-23(20)33-3)27-29-28-26-21(31(27)30-25)15-19(16-22(26)32)14-13-18-9-5-4-6-10-18/h4-14,17,19H,15-16H2,1-3H3/b14-13+/t19-/m0/s1. The number of methoxy groups -OCH3 is 1. The Morgan fingerprint density at radius 1 is 1.03 bits per heavy atom. The van der Waals surface area contributed by atoms with Gasteiger partial charge in [-0.05, 0) is 29.9 Å². The van der Waals surface area contributed by atoms with Crippen molar-refractivity contribution in [2.75, 3.05) is 7.11 Å². The third-order valence-electron chi connectivity index (χ3n) is 6.11. The summed E-state index contributed by atoms with van der Waals surface area (Å²) in [5.74, 6) is 1.01. The maximum atomic E-state index is 12.9. The lowest BCUT2D eigenvalue weighted by atomic mass is 9.88. The SMILES string of the molecule is COc1ccccc1-c1c(C(C)C)nn2c3c(nnc12)C(=O)C[C@@H](/C=C/c1ccccc1)C3. The van der Waals surface area contributed by atoms with Gasteiger partial charge in [-0.3, -0.25) is 4.79 Å². The molecule has 2 aromatic heterocycles. The Bertz CT molecular complexity index is 1360. The Hall–Kier alpha value is -3.80. The van der Waals surface area contributed by atoms with E-state index in [0.717, 1.165) is 33.8 Å². The number of nitrogens with zero attached hydrogens (tertiary/aromatic N) is 4. The van der Waals surface area contributed by atoms with Gasteiger partial charge in [-0.15, -0.1) is 10.2 Å². The van der Waals surface area contributed by atoms with Gasteiger partial charge >= 0.3 is 0 Å². The molecule has 2 heterocycles. The summed E-state index contributed by atoms with van der Waals surface area (Å²) in [4.78, 5) is 12.9. The first-order valence-corrected chi connectivity index (χ1v) is 11.2. The summed E-state index contributed by atoms with van der Waals surface area (Å²) in [5.41, 5.74) is 5.77. The highest BCUT2D eigenvalue weighted by molar-refractivity contribution is 5.97. The molecule has 0 bridgehead atoms. The van der Waals surface area contributed by atoms with Crippen LogP contribution in [0.3, 0.4) is 0 Å². The molecule has 166 valence electrons. The fraction of sp³-hybridized carbons (Fsp3) is 0.259. The predicted molar refractivity (Wildman–Crippen MR) is 128 cm³/mol. The first kappa shape index (κ1) is 21.1. The molecule has 0 amide bonds. The molecule has 5 rings (SSSR count). The fourth-order valence-corrected chi connectivity index (χ4v) is 4.48. The first-order chi connectivity index (χ1) is 16.1. The lowest BCUT2D eigenvalue weighted by molar-refractivity contribution is 0.0950. The molecule has 2 aromatic carbocycles. The predicted octanol–water partition coefficient (Wildman–Crippen LogP) is 5.38. The van der Waals surface area contributed by atoms with Crippen molar-refractivity contribution in [1.82, 2.24) is 19.8 Å². The Labute approximate surface area is 192 Å². The number of allylic oxidation sites excluding steroid dienone is 1. The number of ketones is 1. The number of ether oxygens (including phenoxy) is 1. The molecule has 1 atom stereocenters. The van der Waals surface area contributed by atoms with Crippen molar-refractivity contribution in [3.05, 3.63) is 83.3 Å². The van der Waals surface area contributed by atoms with Crippen molar-refractivity contribution in [3.63, 3.8) is 0 Å². The maximum absolute atomic E-state index is 12.9. The molecule has 6 nitrogen and oxygen atoms in total. The van der Waals surface area contributed by atoms with Gasteiger partial charge in [0.15, 0.2) is 17.1 Å². The fourth-order valence-electron chi connectivity index (χ4n) is 4.48. The molecular weight excluding hydrogens is 412 g/mol. The number of carbonyl (C=O) groups is 1. The van der Waals surface area contributed by atoms with E-state index in [-0.39, 0.29) is 17.6 Å². The van der Waals surface area contributed by atoms with E-state index >= 15 is 0 Å². The molecule has 0 N–H and O–H groups in total. The second-order valence-corrected chi connectivity index (χ2v) is 8.71. The van der Waals surface area contributed by atoms with Crippen LogP contribution in [-0.2, 0) is 6.42 Å². The number of para-hydroxylation sites is 1. The highest BCUT2D eigenvalue weighted by Crippen LogP contribution is 2.38. The Kier molecular flexibility index (Phi) is 5.50. The van der Waals surface area contributed by atoms with Gasteiger partial charge in [0.2, 0.25) is 0 Å². The number of rotatable bonds is 5. The van der Waals surface area contributed by atoms with Gasteiger partial charge in [-0.25, -0.2) is 4.52 Å². The summed E-state index contributed by atoms with van der Waals surface area (Å²) in [5, 5.41) is 13.8. The topological polar surface area (TPSA) is 69.4 Å². The van der Waals surface area contributed by atoms with E-state index < -0.39 is 0 Å². The van der Waals surface area contributed by atoms with E-state index in [4.69, 9.17) is 9.84 Å². The van der Waals surface area contributed by atoms with Crippen molar-refractivity contribution in [1.29, 1.82) is 0 Å². The minimum absolute atomic E-state index is 0.00815. The van der Waals surface area contributed by atoms with Crippen molar-refractivity contribution < 1.29 is 9.53 Å². The Balaban J connectivity index is 1.63. The van der Waals surface area contributed by atoms with Gasteiger partial charge in [0, 0.05) is 12.0 Å². The molecule has 1 aliphatic carbocycles. The van der Waals surface area contributed by atoms with Crippen molar-refractivity contribution >= 4 is 17.5 Å². The van der Waals surface area contributed by atoms with Gasteiger partial charge < -0.3 is 4.74 Å². The van der Waals surface area contributed by atoms with Crippen molar-refractivity contribution in [2.45, 2.75) is 32.6 Å². The van der Waals surface area contributed by atoms with E-state index in [9.17, 15) is 4.79 Å². The molecule has 6 heteroatoms. The first-order valence-electron chi connectivity index (χ1n) is 11.2. The molecule has 0 unspecified atom stereocenters. The highest BCUT2D eigenvalue weighted by Gasteiger charge is 2.31. The lowest BCUT2D eigenvalue weighted by Crippen LogP contribution is -2.24.